The molecule has 1 aliphatic heterocycles. The predicted octanol–water partition coefficient (Wildman–Crippen LogP) is 4.31. The van der Waals surface area contributed by atoms with Gasteiger partial charge >= 0.3 is 0 Å². The van der Waals surface area contributed by atoms with Gasteiger partial charge in [0.2, 0.25) is 0 Å². The summed E-state index contributed by atoms with van der Waals surface area (Å²) in [4.78, 5) is 17.8. The first-order valence-electron chi connectivity index (χ1n) is 11.2. The van der Waals surface area contributed by atoms with Crippen LogP contribution in [0.3, 0.4) is 0 Å². The first-order valence-corrected chi connectivity index (χ1v) is 11.6. The standard InChI is InChI=1S/C25H29N3O4S/c1-3-31-19-10-11-21-17(14-19)13-18(24(29)26-21)15-28(16-20-7-6-12-32-20)25(33)27-22-8-4-5-9-23(22)30-2/h4-5,8-11,13-14,20H,3,6-7,12,15-16H2,1-2H3,(H,26,29)(H,27,33). The largest absolute Gasteiger partial charge is 0.495 e. The topological polar surface area (TPSA) is 75.8 Å². The molecule has 3 aromatic rings. The van der Waals surface area contributed by atoms with Crippen LogP contribution >= 0.6 is 12.2 Å². The number of ether oxygens (including phenoxy) is 3. The van der Waals surface area contributed by atoms with Crippen LogP contribution in [-0.2, 0) is 11.3 Å². The Hall–Kier alpha value is -3.10. The van der Waals surface area contributed by atoms with Crippen LogP contribution in [0.4, 0.5) is 5.69 Å². The Labute approximate surface area is 198 Å². The van der Waals surface area contributed by atoms with Crippen LogP contribution < -0.4 is 20.3 Å². The van der Waals surface area contributed by atoms with Crippen LogP contribution in [0.25, 0.3) is 10.9 Å². The summed E-state index contributed by atoms with van der Waals surface area (Å²) in [7, 11) is 1.62. The molecule has 33 heavy (non-hydrogen) atoms. The molecule has 0 aliphatic carbocycles. The maximum atomic E-state index is 12.9. The van der Waals surface area contributed by atoms with Gasteiger partial charge < -0.3 is 29.4 Å². The van der Waals surface area contributed by atoms with Gasteiger partial charge in [0.25, 0.3) is 5.56 Å². The Bertz CT molecular complexity index is 1170. The number of hydrogen-bond acceptors (Lipinski definition) is 5. The summed E-state index contributed by atoms with van der Waals surface area (Å²) in [6, 6.07) is 15.2. The Morgan fingerprint density at radius 1 is 1.27 bits per heavy atom. The fraction of sp³-hybridized carbons (Fsp3) is 0.360. The molecular weight excluding hydrogens is 438 g/mol. The number of H-pyrrole nitrogens is 1. The molecule has 1 saturated heterocycles. The van der Waals surface area contributed by atoms with Crippen molar-refractivity contribution in [1.29, 1.82) is 0 Å². The first kappa shape index (κ1) is 23.1. The monoisotopic (exact) mass is 467 g/mol. The van der Waals surface area contributed by atoms with Gasteiger partial charge in [0.1, 0.15) is 11.5 Å². The molecule has 1 fully saturated rings. The number of aromatic nitrogens is 1. The number of thiocarbonyl (C=S) groups is 1. The molecule has 2 aromatic carbocycles. The number of nitrogens with zero attached hydrogens (tertiary/aromatic N) is 1. The molecule has 1 atom stereocenters. The third-order valence-electron chi connectivity index (χ3n) is 5.65. The third-order valence-corrected chi connectivity index (χ3v) is 6.01. The first-order chi connectivity index (χ1) is 16.1. The zero-order valence-electron chi connectivity index (χ0n) is 18.9. The second kappa shape index (κ2) is 10.7. The molecule has 2 N–H and O–H groups in total. The Kier molecular flexibility index (Phi) is 7.47. The van der Waals surface area contributed by atoms with Crippen LogP contribution in [-0.4, -0.2) is 48.0 Å². The number of fused-ring (bicyclic) bond motifs is 1. The second-order valence-corrected chi connectivity index (χ2v) is 8.34. The number of aromatic amines is 1. The summed E-state index contributed by atoms with van der Waals surface area (Å²) in [5.74, 6) is 1.47. The number of nitrogens with one attached hydrogen (secondary N) is 2. The summed E-state index contributed by atoms with van der Waals surface area (Å²) in [6.07, 6.45) is 2.08. The molecule has 1 aromatic heterocycles. The lowest BCUT2D eigenvalue weighted by Gasteiger charge is -2.28. The van der Waals surface area contributed by atoms with E-state index in [1.54, 1.807) is 7.11 Å². The van der Waals surface area contributed by atoms with E-state index in [0.29, 0.717) is 36.1 Å². The van der Waals surface area contributed by atoms with Crippen molar-refractivity contribution in [1.82, 2.24) is 9.88 Å². The molecule has 0 radical (unpaired) electrons. The van der Waals surface area contributed by atoms with Crippen molar-refractivity contribution >= 4 is 33.9 Å². The smallest absolute Gasteiger partial charge is 0.253 e. The van der Waals surface area contributed by atoms with Gasteiger partial charge in [0.05, 0.1) is 32.1 Å². The van der Waals surface area contributed by atoms with Crippen molar-refractivity contribution < 1.29 is 14.2 Å². The minimum Gasteiger partial charge on any atom is -0.495 e. The highest BCUT2D eigenvalue weighted by molar-refractivity contribution is 7.80. The predicted molar refractivity (Wildman–Crippen MR) is 134 cm³/mol. The normalized spacial score (nSPS) is 15.4. The maximum absolute atomic E-state index is 12.9. The second-order valence-electron chi connectivity index (χ2n) is 7.95. The number of rotatable bonds is 8. The highest BCUT2D eigenvalue weighted by Crippen LogP contribution is 2.25. The molecular formula is C25H29N3O4S. The number of pyridine rings is 1. The molecule has 2 heterocycles. The molecule has 8 heteroatoms. The van der Waals surface area contributed by atoms with Gasteiger partial charge in [-0.1, -0.05) is 12.1 Å². The quantitative estimate of drug-likeness (QED) is 0.478. The molecule has 7 nitrogen and oxygen atoms in total. The van der Waals surface area contributed by atoms with Gasteiger partial charge in [0, 0.05) is 29.6 Å². The lowest BCUT2D eigenvalue weighted by Crippen LogP contribution is -2.40. The van der Waals surface area contributed by atoms with E-state index in [9.17, 15) is 4.79 Å². The van der Waals surface area contributed by atoms with Crippen LogP contribution in [0.2, 0.25) is 0 Å². The molecule has 0 amide bonds. The van der Waals surface area contributed by atoms with E-state index < -0.39 is 0 Å². The molecule has 174 valence electrons. The Morgan fingerprint density at radius 3 is 2.88 bits per heavy atom. The van der Waals surface area contributed by atoms with E-state index in [2.05, 4.69) is 10.3 Å². The summed E-state index contributed by atoms with van der Waals surface area (Å²) in [5.41, 5.74) is 2.03. The van der Waals surface area contributed by atoms with Gasteiger partial charge in [-0.25, -0.2) is 0 Å². The fourth-order valence-corrected chi connectivity index (χ4v) is 4.25. The van der Waals surface area contributed by atoms with E-state index in [1.807, 2.05) is 60.4 Å². The lowest BCUT2D eigenvalue weighted by molar-refractivity contribution is 0.0904. The molecule has 1 aliphatic rings. The number of anilines is 1. The van der Waals surface area contributed by atoms with Gasteiger partial charge in [0.15, 0.2) is 5.11 Å². The molecule has 4 rings (SSSR count). The van der Waals surface area contributed by atoms with Crippen molar-refractivity contribution in [2.75, 3.05) is 32.2 Å². The summed E-state index contributed by atoms with van der Waals surface area (Å²) >= 11 is 5.76. The fourth-order valence-electron chi connectivity index (χ4n) is 4.01. The summed E-state index contributed by atoms with van der Waals surface area (Å²) in [6.45, 7) is 4.23. The van der Waals surface area contributed by atoms with Crippen molar-refractivity contribution in [3.05, 3.63) is 64.4 Å². The third kappa shape index (κ3) is 5.64. The Balaban J connectivity index is 1.61. The minimum absolute atomic E-state index is 0.0755. The zero-order chi connectivity index (χ0) is 23.2. The van der Waals surface area contributed by atoms with Gasteiger partial charge in [-0.15, -0.1) is 0 Å². The van der Waals surface area contributed by atoms with Crippen molar-refractivity contribution in [2.45, 2.75) is 32.4 Å². The number of para-hydroxylation sites is 2. The molecule has 0 spiro atoms. The van der Waals surface area contributed by atoms with Gasteiger partial charge in [-0.2, -0.15) is 0 Å². The van der Waals surface area contributed by atoms with Crippen LogP contribution in [0.15, 0.2) is 53.3 Å². The van der Waals surface area contributed by atoms with Gasteiger partial charge in [-0.3, -0.25) is 4.79 Å². The minimum atomic E-state index is -0.135. The van der Waals surface area contributed by atoms with E-state index in [-0.39, 0.29) is 11.7 Å². The molecule has 0 bridgehead atoms. The summed E-state index contributed by atoms with van der Waals surface area (Å²) < 4.78 is 16.9. The van der Waals surface area contributed by atoms with E-state index in [0.717, 1.165) is 41.8 Å². The van der Waals surface area contributed by atoms with Crippen molar-refractivity contribution in [3.8, 4) is 11.5 Å². The SMILES string of the molecule is CCOc1ccc2[nH]c(=O)c(CN(CC3CCCO3)C(=S)Nc3ccccc3OC)cc2c1. The lowest BCUT2D eigenvalue weighted by atomic mass is 10.1. The highest BCUT2D eigenvalue weighted by atomic mass is 32.1. The van der Waals surface area contributed by atoms with Crippen molar-refractivity contribution in [2.24, 2.45) is 0 Å². The molecule has 0 saturated carbocycles. The maximum Gasteiger partial charge on any atom is 0.253 e. The molecule has 1 unspecified atom stereocenters. The zero-order valence-corrected chi connectivity index (χ0v) is 19.7. The van der Waals surface area contributed by atoms with Crippen LogP contribution in [0.1, 0.15) is 25.3 Å². The summed E-state index contributed by atoms with van der Waals surface area (Å²) in [5, 5.41) is 4.71. The average Bonchev–Trinajstić information content (AvgIpc) is 3.33. The number of benzene rings is 2. The average molecular weight is 468 g/mol. The number of hydrogen-bond donors (Lipinski definition) is 2. The van der Waals surface area contributed by atoms with Gasteiger partial charge in [-0.05, 0) is 68.4 Å². The van der Waals surface area contributed by atoms with E-state index >= 15 is 0 Å². The van der Waals surface area contributed by atoms with E-state index in [1.165, 1.54) is 0 Å². The van der Waals surface area contributed by atoms with Crippen molar-refractivity contribution in [3.63, 3.8) is 0 Å². The van der Waals surface area contributed by atoms with E-state index in [4.69, 9.17) is 26.4 Å². The van der Waals surface area contributed by atoms with Crippen LogP contribution in [0, 0.1) is 0 Å². The van der Waals surface area contributed by atoms with Crippen LogP contribution in [0.5, 0.6) is 11.5 Å². The Morgan fingerprint density at radius 2 is 2.12 bits per heavy atom. The highest BCUT2D eigenvalue weighted by Gasteiger charge is 2.22. The number of methoxy groups -OCH3 is 1.